The number of hydrogen-bond acceptors (Lipinski definition) is 4. The standard InChI is InChI=1S/C22H26N2O4/c1-15-4-9-20(28-3)16(12-15)10-11-23-22(26)17-13-21(25)24(14-17)18-5-7-19(27-2)8-6-18/h4-9,12,17H,10-11,13-14H2,1-3H3,(H,23,26). The Labute approximate surface area is 165 Å². The van der Waals surface area contributed by atoms with Gasteiger partial charge in [-0.15, -0.1) is 0 Å². The molecule has 1 fully saturated rings. The van der Waals surface area contributed by atoms with Gasteiger partial charge in [-0.05, 0) is 49.2 Å². The van der Waals surface area contributed by atoms with Gasteiger partial charge in [-0.1, -0.05) is 17.7 Å². The van der Waals surface area contributed by atoms with Crippen molar-refractivity contribution >= 4 is 17.5 Å². The maximum absolute atomic E-state index is 12.5. The van der Waals surface area contributed by atoms with Gasteiger partial charge in [0.1, 0.15) is 11.5 Å². The average Bonchev–Trinajstić information content (AvgIpc) is 3.10. The number of benzene rings is 2. The molecule has 0 aromatic heterocycles. The highest BCUT2D eigenvalue weighted by molar-refractivity contribution is 6.00. The van der Waals surface area contributed by atoms with Gasteiger partial charge in [-0.2, -0.15) is 0 Å². The molecule has 0 aliphatic carbocycles. The van der Waals surface area contributed by atoms with E-state index in [1.165, 1.54) is 0 Å². The van der Waals surface area contributed by atoms with E-state index in [0.29, 0.717) is 19.5 Å². The van der Waals surface area contributed by atoms with Crippen molar-refractivity contribution in [2.45, 2.75) is 19.8 Å². The molecule has 2 aromatic carbocycles. The van der Waals surface area contributed by atoms with Gasteiger partial charge in [-0.3, -0.25) is 9.59 Å². The lowest BCUT2D eigenvalue weighted by Gasteiger charge is -2.17. The van der Waals surface area contributed by atoms with E-state index in [2.05, 4.69) is 11.4 Å². The number of rotatable bonds is 7. The Bertz CT molecular complexity index is 848. The van der Waals surface area contributed by atoms with Crippen LogP contribution < -0.4 is 19.7 Å². The molecule has 0 saturated carbocycles. The summed E-state index contributed by atoms with van der Waals surface area (Å²) in [5.74, 6) is 1.09. The van der Waals surface area contributed by atoms with Crippen molar-refractivity contribution in [3.63, 3.8) is 0 Å². The quantitative estimate of drug-likeness (QED) is 0.800. The van der Waals surface area contributed by atoms with Crippen LogP contribution in [0.25, 0.3) is 0 Å². The first-order valence-electron chi connectivity index (χ1n) is 9.37. The van der Waals surface area contributed by atoms with Crippen molar-refractivity contribution < 1.29 is 19.1 Å². The van der Waals surface area contributed by atoms with Gasteiger partial charge >= 0.3 is 0 Å². The third-order valence-corrected chi connectivity index (χ3v) is 5.01. The lowest BCUT2D eigenvalue weighted by Crippen LogP contribution is -2.34. The number of carbonyl (C=O) groups is 2. The smallest absolute Gasteiger partial charge is 0.227 e. The Morgan fingerprint density at radius 3 is 2.57 bits per heavy atom. The van der Waals surface area contributed by atoms with E-state index in [4.69, 9.17) is 9.47 Å². The Kier molecular flexibility index (Phi) is 6.19. The molecule has 6 nitrogen and oxygen atoms in total. The molecule has 2 aromatic rings. The van der Waals surface area contributed by atoms with Crippen LogP contribution >= 0.6 is 0 Å². The van der Waals surface area contributed by atoms with Crippen LogP contribution in [0.1, 0.15) is 17.5 Å². The summed E-state index contributed by atoms with van der Waals surface area (Å²) in [4.78, 5) is 26.6. The normalized spacial score (nSPS) is 16.2. The Morgan fingerprint density at radius 1 is 1.14 bits per heavy atom. The first-order chi connectivity index (χ1) is 13.5. The molecule has 3 rings (SSSR count). The molecule has 28 heavy (non-hydrogen) atoms. The third-order valence-electron chi connectivity index (χ3n) is 5.01. The summed E-state index contributed by atoms with van der Waals surface area (Å²) in [6.07, 6.45) is 0.908. The lowest BCUT2D eigenvalue weighted by molar-refractivity contribution is -0.126. The predicted octanol–water partition coefficient (Wildman–Crippen LogP) is 2.72. The Balaban J connectivity index is 1.55. The van der Waals surface area contributed by atoms with E-state index in [0.717, 1.165) is 28.3 Å². The zero-order chi connectivity index (χ0) is 20.1. The van der Waals surface area contributed by atoms with E-state index < -0.39 is 0 Å². The number of methoxy groups -OCH3 is 2. The molecule has 0 spiro atoms. The fraction of sp³-hybridized carbons (Fsp3) is 0.364. The van der Waals surface area contributed by atoms with Crippen molar-refractivity contribution in [3.8, 4) is 11.5 Å². The maximum atomic E-state index is 12.5. The highest BCUT2D eigenvalue weighted by Gasteiger charge is 2.34. The summed E-state index contributed by atoms with van der Waals surface area (Å²) in [7, 11) is 3.24. The average molecular weight is 382 g/mol. The van der Waals surface area contributed by atoms with E-state index in [-0.39, 0.29) is 24.2 Å². The molecule has 0 radical (unpaired) electrons. The van der Waals surface area contributed by atoms with Gasteiger partial charge in [0.2, 0.25) is 11.8 Å². The molecular weight excluding hydrogens is 356 g/mol. The SMILES string of the molecule is COc1ccc(N2CC(C(=O)NCCc3cc(C)ccc3OC)CC2=O)cc1. The Hall–Kier alpha value is -3.02. The highest BCUT2D eigenvalue weighted by atomic mass is 16.5. The number of hydrogen-bond donors (Lipinski definition) is 1. The highest BCUT2D eigenvalue weighted by Crippen LogP contribution is 2.27. The van der Waals surface area contributed by atoms with E-state index in [1.54, 1.807) is 19.1 Å². The van der Waals surface area contributed by atoms with Gasteiger partial charge < -0.3 is 19.7 Å². The fourth-order valence-electron chi connectivity index (χ4n) is 3.46. The van der Waals surface area contributed by atoms with E-state index >= 15 is 0 Å². The molecule has 148 valence electrons. The first-order valence-corrected chi connectivity index (χ1v) is 9.37. The van der Waals surface area contributed by atoms with Crippen LogP contribution in [-0.4, -0.2) is 39.1 Å². The summed E-state index contributed by atoms with van der Waals surface area (Å²) >= 11 is 0. The molecule has 6 heteroatoms. The van der Waals surface area contributed by atoms with Gasteiger partial charge in [0, 0.05) is 25.2 Å². The van der Waals surface area contributed by atoms with Crippen molar-refractivity contribution in [3.05, 3.63) is 53.6 Å². The van der Waals surface area contributed by atoms with Crippen LogP contribution in [0.4, 0.5) is 5.69 Å². The van der Waals surface area contributed by atoms with Gasteiger partial charge in [-0.25, -0.2) is 0 Å². The van der Waals surface area contributed by atoms with Crippen molar-refractivity contribution in [2.24, 2.45) is 5.92 Å². The molecule has 1 aliphatic heterocycles. The van der Waals surface area contributed by atoms with E-state index in [9.17, 15) is 9.59 Å². The second-order valence-electron chi connectivity index (χ2n) is 6.96. The van der Waals surface area contributed by atoms with Crippen LogP contribution in [0.5, 0.6) is 11.5 Å². The minimum absolute atomic E-state index is 0.0364. The number of anilines is 1. The number of nitrogens with zero attached hydrogens (tertiary/aromatic N) is 1. The third kappa shape index (κ3) is 4.44. The van der Waals surface area contributed by atoms with Crippen molar-refractivity contribution in [2.75, 3.05) is 32.2 Å². The van der Waals surface area contributed by atoms with Crippen molar-refractivity contribution in [1.82, 2.24) is 5.32 Å². The zero-order valence-electron chi connectivity index (χ0n) is 16.5. The summed E-state index contributed by atoms with van der Waals surface area (Å²) in [5, 5.41) is 2.96. The molecule has 2 amide bonds. The fourth-order valence-corrected chi connectivity index (χ4v) is 3.46. The molecule has 0 bridgehead atoms. The largest absolute Gasteiger partial charge is 0.497 e. The second kappa shape index (κ2) is 8.78. The summed E-state index contributed by atoms with van der Waals surface area (Å²) in [6.45, 7) is 2.93. The number of carbonyl (C=O) groups excluding carboxylic acids is 2. The Morgan fingerprint density at radius 2 is 1.89 bits per heavy atom. The minimum Gasteiger partial charge on any atom is -0.497 e. The number of nitrogens with one attached hydrogen (secondary N) is 1. The van der Waals surface area contributed by atoms with Gasteiger partial charge in [0.25, 0.3) is 0 Å². The predicted molar refractivity (Wildman–Crippen MR) is 108 cm³/mol. The molecule has 1 saturated heterocycles. The van der Waals surface area contributed by atoms with Gasteiger partial charge in [0.05, 0.1) is 20.1 Å². The van der Waals surface area contributed by atoms with Crippen molar-refractivity contribution in [1.29, 1.82) is 0 Å². The molecule has 1 unspecified atom stereocenters. The lowest BCUT2D eigenvalue weighted by atomic mass is 10.1. The summed E-state index contributed by atoms with van der Waals surface area (Å²) in [5.41, 5.74) is 2.99. The minimum atomic E-state index is -0.339. The number of ether oxygens (including phenoxy) is 2. The molecule has 1 N–H and O–H groups in total. The monoisotopic (exact) mass is 382 g/mol. The number of aryl methyl sites for hydroxylation is 1. The summed E-state index contributed by atoms with van der Waals surface area (Å²) in [6, 6.07) is 13.3. The van der Waals surface area contributed by atoms with Crippen LogP contribution in [0, 0.1) is 12.8 Å². The molecule has 1 aliphatic rings. The van der Waals surface area contributed by atoms with E-state index in [1.807, 2.05) is 43.3 Å². The maximum Gasteiger partial charge on any atom is 0.227 e. The van der Waals surface area contributed by atoms with Crippen LogP contribution in [0.2, 0.25) is 0 Å². The van der Waals surface area contributed by atoms with Crippen LogP contribution in [-0.2, 0) is 16.0 Å². The van der Waals surface area contributed by atoms with Crippen LogP contribution in [0.15, 0.2) is 42.5 Å². The first kappa shape index (κ1) is 19.7. The number of amides is 2. The topological polar surface area (TPSA) is 67.9 Å². The van der Waals surface area contributed by atoms with Crippen LogP contribution in [0.3, 0.4) is 0 Å². The second-order valence-corrected chi connectivity index (χ2v) is 6.96. The zero-order valence-corrected chi connectivity index (χ0v) is 16.5. The van der Waals surface area contributed by atoms with Gasteiger partial charge in [0.15, 0.2) is 0 Å². The molecular formula is C22H26N2O4. The summed E-state index contributed by atoms with van der Waals surface area (Å²) < 4.78 is 10.5. The molecule has 1 heterocycles. The molecule has 1 atom stereocenters.